The number of amides is 2. The summed E-state index contributed by atoms with van der Waals surface area (Å²) in [6.45, 7) is -0.808. The summed E-state index contributed by atoms with van der Waals surface area (Å²) in [6, 6.07) is 15.2. The number of rotatable bonds is 5. The molecule has 0 fully saturated rings. The Morgan fingerprint density at radius 3 is 2.25 bits per heavy atom. The van der Waals surface area contributed by atoms with E-state index in [-0.39, 0.29) is 5.69 Å². The predicted octanol–water partition coefficient (Wildman–Crippen LogP) is 3.10. The van der Waals surface area contributed by atoms with Crippen molar-refractivity contribution in [3.8, 4) is 11.5 Å². The summed E-state index contributed by atoms with van der Waals surface area (Å²) in [5.41, 5.74) is 0.271. The van der Waals surface area contributed by atoms with Crippen molar-refractivity contribution >= 4 is 17.5 Å². The van der Waals surface area contributed by atoms with Crippen LogP contribution in [-0.2, 0) is 9.59 Å². The van der Waals surface area contributed by atoms with Gasteiger partial charge >= 0.3 is 12.1 Å². The third-order valence-electron chi connectivity index (χ3n) is 2.80. The van der Waals surface area contributed by atoms with E-state index in [1.165, 1.54) is 11.4 Å². The quantitative estimate of drug-likeness (QED) is 0.880. The fourth-order valence-corrected chi connectivity index (χ4v) is 1.73. The van der Waals surface area contributed by atoms with E-state index in [2.05, 4.69) is 5.32 Å². The van der Waals surface area contributed by atoms with Crippen LogP contribution < -0.4 is 15.4 Å². The van der Waals surface area contributed by atoms with Crippen LogP contribution in [0, 0.1) is 0 Å². The summed E-state index contributed by atoms with van der Waals surface area (Å²) in [5.74, 6) is -2.13. The Morgan fingerprint density at radius 1 is 0.958 bits per heavy atom. The van der Waals surface area contributed by atoms with Crippen LogP contribution in [-0.4, -0.2) is 24.5 Å². The van der Waals surface area contributed by atoms with Crippen LogP contribution in [0.3, 0.4) is 0 Å². The van der Waals surface area contributed by atoms with Gasteiger partial charge in [-0.05, 0) is 24.3 Å². The average Bonchev–Trinajstić information content (AvgIpc) is 2.54. The van der Waals surface area contributed by atoms with Crippen molar-refractivity contribution < 1.29 is 27.5 Å². The summed E-state index contributed by atoms with van der Waals surface area (Å²) in [7, 11) is 0. The Labute approximate surface area is 135 Å². The Bertz CT molecular complexity index is 718. The predicted molar refractivity (Wildman–Crippen MR) is 80.7 cm³/mol. The Kier molecular flexibility index (Phi) is 5.41. The molecule has 0 bridgehead atoms. The van der Waals surface area contributed by atoms with E-state index in [4.69, 9.17) is 4.74 Å². The van der Waals surface area contributed by atoms with Gasteiger partial charge in [-0.15, -0.1) is 0 Å². The van der Waals surface area contributed by atoms with Crippen molar-refractivity contribution in [3.63, 3.8) is 0 Å². The van der Waals surface area contributed by atoms with Gasteiger partial charge in [0, 0.05) is 0 Å². The van der Waals surface area contributed by atoms with Gasteiger partial charge in [-0.1, -0.05) is 30.3 Å². The third-order valence-corrected chi connectivity index (χ3v) is 2.80. The molecule has 0 aromatic heterocycles. The molecule has 2 N–H and O–H groups in total. The molecule has 0 radical (unpaired) electrons. The minimum atomic E-state index is -5.03. The second kappa shape index (κ2) is 7.49. The van der Waals surface area contributed by atoms with Crippen molar-refractivity contribution in [3.05, 3.63) is 54.6 Å². The molecule has 2 aromatic rings. The van der Waals surface area contributed by atoms with E-state index < -0.39 is 24.5 Å². The number of halogens is 3. The lowest BCUT2D eigenvalue weighted by atomic mass is 10.3. The Hall–Kier alpha value is -3.03. The van der Waals surface area contributed by atoms with Gasteiger partial charge in [0.2, 0.25) is 5.91 Å². The number of nitrogens with one attached hydrogen (secondary N) is 2. The zero-order valence-corrected chi connectivity index (χ0v) is 12.3. The fraction of sp³-hybridized carbons (Fsp3) is 0.125. The van der Waals surface area contributed by atoms with E-state index in [0.717, 1.165) is 0 Å². The van der Waals surface area contributed by atoms with Gasteiger partial charge in [-0.3, -0.25) is 9.59 Å². The topological polar surface area (TPSA) is 67.4 Å². The number of anilines is 1. The number of para-hydroxylation sites is 3. The maximum Gasteiger partial charge on any atom is 0.471 e. The maximum absolute atomic E-state index is 12.1. The molecule has 5 nitrogen and oxygen atoms in total. The largest absolute Gasteiger partial charge is 0.471 e. The summed E-state index contributed by atoms with van der Waals surface area (Å²) in [4.78, 5) is 22.4. The first-order chi connectivity index (χ1) is 11.4. The van der Waals surface area contributed by atoms with Crippen LogP contribution in [0.5, 0.6) is 11.5 Å². The first-order valence-electron chi connectivity index (χ1n) is 6.83. The molecule has 8 heteroatoms. The normalized spacial score (nSPS) is 10.8. The van der Waals surface area contributed by atoms with Crippen LogP contribution in [0.15, 0.2) is 54.6 Å². The number of hydrogen-bond acceptors (Lipinski definition) is 3. The summed E-state index contributed by atoms with van der Waals surface area (Å²) in [6.07, 6.45) is -5.03. The van der Waals surface area contributed by atoms with Crippen molar-refractivity contribution in [1.82, 2.24) is 5.32 Å². The number of ether oxygens (including phenoxy) is 1. The van der Waals surface area contributed by atoms with Crippen LogP contribution in [0.4, 0.5) is 18.9 Å². The number of alkyl halides is 3. The molecule has 2 rings (SSSR count). The lowest BCUT2D eigenvalue weighted by Gasteiger charge is -2.13. The molecule has 2 amide bonds. The lowest BCUT2D eigenvalue weighted by Crippen LogP contribution is -2.41. The van der Waals surface area contributed by atoms with Crippen LogP contribution in [0.1, 0.15) is 0 Å². The van der Waals surface area contributed by atoms with Crippen LogP contribution >= 0.6 is 0 Å². The minimum Gasteiger partial charge on any atom is -0.455 e. The number of hydrogen-bond donors (Lipinski definition) is 2. The molecule has 126 valence electrons. The second-order valence-electron chi connectivity index (χ2n) is 4.64. The number of carbonyl (C=O) groups is 2. The highest BCUT2D eigenvalue weighted by atomic mass is 19.4. The highest BCUT2D eigenvalue weighted by Crippen LogP contribution is 2.28. The average molecular weight is 338 g/mol. The fourth-order valence-electron chi connectivity index (χ4n) is 1.73. The number of carbonyl (C=O) groups excluding carboxylic acids is 2. The maximum atomic E-state index is 12.1. The van der Waals surface area contributed by atoms with Gasteiger partial charge in [0.15, 0.2) is 5.75 Å². The van der Waals surface area contributed by atoms with Crippen molar-refractivity contribution in [2.45, 2.75) is 6.18 Å². The molecule has 0 atom stereocenters. The summed E-state index contributed by atoms with van der Waals surface area (Å²) < 4.78 is 41.8. The molecule has 0 saturated heterocycles. The Balaban J connectivity index is 2.00. The minimum absolute atomic E-state index is 0.271. The molecular weight excluding hydrogens is 325 g/mol. The molecule has 0 spiro atoms. The molecule has 0 aliphatic carbocycles. The first-order valence-corrected chi connectivity index (χ1v) is 6.83. The van der Waals surface area contributed by atoms with Crippen molar-refractivity contribution in [1.29, 1.82) is 0 Å². The molecule has 0 aliphatic heterocycles. The van der Waals surface area contributed by atoms with Gasteiger partial charge in [0.1, 0.15) is 5.75 Å². The van der Waals surface area contributed by atoms with Crippen molar-refractivity contribution in [2.24, 2.45) is 0 Å². The summed E-state index contributed by atoms with van der Waals surface area (Å²) >= 11 is 0. The van der Waals surface area contributed by atoms with Crippen LogP contribution in [0.2, 0.25) is 0 Å². The zero-order chi connectivity index (χ0) is 17.6. The highest BCUT2D eigenvalue weighted by Gasteiger charge is 2.38. The molecular formula is C16H13F3N2O3. The molecule has 0 heterocycles. The SMILES string of the molecule is O=C(CNC(=O)C(F)(F)F)Nc1ccccc1Oc1ccccc1. The first kappa shape index (κ1) is 17.3. The van der Waals surface area contributed by atoms with Gasteiger partial charge in [-0.25, -0.2) is 0 Å². The van der Waals surface area contributed by atoms with E-state index >= 15 is 0 Å². The number of benzene rings is 2. The molecule has 24 heavy (non-hydrogen) atoms. The van der Waals surface area contributed by atoms with E-state index in [1.54, 1.807) is 42.5 Å². The standard InChI is InChI=1S/C16H13F3N2O3/c17-16(18,19)15(23)20-10-14(22)21-12-8-4-5-9-13(12)24-11-6-2-1-3-7-11/h1-9H,10H2,(H,20,23)(H,21,22). The van der Waals surface area contributed by atoms with Gasteiger partial charge < -0.3 is 15.4 Å². The molecule has 0 unspecified atom stereocenters. The van der Waals surface area contributed by atoms with Gasteiger partial charge in [0.25, 0.3) is 0 Å². The monoisotopic (exact) mass is 338 g/mol. The molecule has 0 saturated carbocycles. The van der Waals surface area contributed by atoms with E-state index in [9.17, 15) is 22.8 Å². The second-order valence-corrected chi connectivity index (χ2v) is 4.64. The van der Waals surface area contributed by atoms with Crippen LogP contribution in [0.25, 0.3) is 0 Å². The zero-order valence-electron chi connectivity index (χ0n) is 12.3. The third kappa shape index (κ3) is 5.01. The molecule has 0 aliphatic rings. The highest BCUT2D eigenvalue weighted by molar-refractivity contribution is 5.96. The smallest absolute Gasteiger partial charge is 0.455 e. The Morgan fingerprint density at radius 2 is 1.58 bits per heavy atom. The summed E-state index contributed by atoms with van der Waals surface area (Å²) in [5, 5.41) is 3.89. The van der Waals surface area contributed by atoms with E-state index in [0.29, 0.717) is 11.5 Å². The molecule has 2 aromatic carbocycles. The lowest BCUT2D eigenvalue weighted by molar-refractivity contribution is -0.173. The van der Waals surface area contributed by atoms with Gasteiger partial charge in [-0.2, -0.15) is 13.2 Å². The van der Waals surface area contributed by atoms with E-state index in [1.807, 2.05) is 6.07 Å². The van der Waals surface area contributed by atoms with Gasteiger partial charge in [0.05, 0.1) is 12.2 Å². The van der Waals surface area contributed by atoms with Crippen molar-refractivity contribution in [2.75, 3.05) is 11.9 Å².